The third-order valence-corrected chi connectivity index (χ3v) is 6.71. The van der Waals surface area contributed by atoms with Crippen LogP contribution in [0.1, 0.15) is 66.2 Å². The molecule has 3 aliphatic rings. The van der Waals surface area contributed by atoms with E-state index < -0.39 is 0 Å². The lowest BCUT2D eigenvalue weighted by molar-refractivity contribution is -0.228. The predicted molar refractivity (Wildman–Crippen MR) is 98.9 cm³/mol. The van der Waals surface area contributed by atoms with Gasteiger partial charge in [-0.05, 0) is 37.0 Å². The topological polar surface area (TPSA) is 21.7 Å². The molecule has 0 radical (unpaired) electrons. The van der Waals surface area contributed by atoms with Crippen molar-refractivity contribution in [1.29, 1.82) is 0 Å². The lowest BCUT2D eigenvalue weighted by Crippen LogP contribution is -2.46. The van der Waals surface area contributed by atoms with Crippen molar-refractivity contribution in [3.8, 4) is 0 Å². The summed E-state index contributed by atoms with van der Waals surface area (Å²) in [5.74, 6) is 1.00. The van der Waals surface area contributed by atoms with Crippen LogP contribution >= 0.6 is 0 Å². The number of hydrogen-bond acceptors (Lipinski definition) is 3. The quantitative estimate of drug-likeness (QED) is 0.684. The molecule has 1 spiro atoms. The van der Waals surface area contributed by atoms with Crippen LogP contribution in [-0.2, 0) is 9.47 Å². The molecule has 0 aromatic carbocycles. The zero-order valence-corrected chi connectivity index (χ0v) is 16.2. The summed E-state index contributed by atoms with van der Waals surface area (Å²) in [5.41, 5.74) is 0.447. The van der Waals surface area contributed by atoms with Crippen LogP contribution in [0.4, 0.5) is 0 Å². The van der Waals surface area contributed by atoms with Crippen molar-refractivity contribution >= 4 is 0 Å². The highest BCUT2D eigenvalue weighted by atomic mass is 16.7. The third-order valence-electron chi connectivity index (χ3n) is 6.71. The Morgan fingerprint density at radius 3 is 2.79 bits per heavy atom. The van der Waals surface area contributed by atoms with Gasteiger partial charge in [0, 0.05) is 32.0 Å². The second-order valence-electron chi connectivity index (χ2n) is 8.99. The Morgan fingerprint density at radius 1 is 1.29 bits per heavy atom. The highest BCUT2D eigenvalue weighted by Crippen LogP contribution is 2.50. The molecule has 1 saturated heterocycles. The first-order valence-electron chi connectivity index (χ1n) is 10.1. The van der Waals surface area contributed by atoms with Crippen molar-refractivity contribution in [2.24, 2.45) is 17.3 Å². The molecule has 0 amide bonds. The molecule has 0 bridgehead atoms. The molecule has 2 fully saturated rings. The maximum absolute atomic E-state index is 6.54. The SMILES string of the molecule is CCCC(C)(C)C1CCC2(OCC(CN3CC=CCC3)O2)C(C)C1. The molecular weight excluding hydrogens is 298 g/mol. The van der Waals surface area contributed by atoms with Crippen LogP contribution in [0.5, 0.6) is 0 Å². The largest absolute Gasteiger partial charge is 0.347 e. The van der Waals surface area contributed by atoms with Crippen molar-refractivity contribution < 1.29 is 9.47 Å². The van der Waals surface area contributed by atoms with Gasteiger partial charge in [0.25, 0.3) is 0 Å². The zero-order chi connectivity index (χ0) is 17.2. The molecule has 0 aromatic rings. The molecule has 0 N–H and O–H groups in total. The number of rotatable bonds is 5. The van der Waals surface area contributed by atoms with Gasteiger partial charge in [0.1, 0.15) is 0 Å². The summed E-state index contributed by atoms with van der Waals surface area (Å²) in [5, 5.41) is 0. The highest BCUT2D eigenvalue weighted by molar-refractivity contribution is 4.95. The fraction of sp³-hybridized carbons (Fsp3) is 0.905. The molecule has 1 aliphatic carbocycles. The maximum atomic E-state index is 6.54. The normalized spacial score (nSPS) is 38.1. The van der Waals surface area contributed by atoms with E-state index in [2.05, 4.69) is 44.7 Å². The Hall–Kier alpha value is -0.380. The van der Waals surface area contributed by atoms with Gasteiger partial charge in [-0.15, -0.1) is 0 Å². The number of ether oxygens (including phenoxy) is 2. The summed E-state index contributed by atoms with van der Waals surface area (Å²) in [4.78, 5) is 2.49. The molecule has 1 saturated carbocycles. The number of hydrogen-bond donors (Lipinski definition) is 0. The molecule has 3 rings (SSSR count). The second-order valence-corrected chi connectivity index (χ2v) is 8.99. The molecule has 0 aromatic heterocycles. The predicted octanol–water partition coefficient (Wildman–Crippen LogP) is 4.62. The molecule has 2 aliphatic heterocycles. The van der Waals surface area contributed by atoms with Crippen molar-refractivity contribution in [2.45, 2.75) is 78.1 Å². The molecule has 24 heavy (non-hydrogen) atoms. The van der Waals surface area contributed by atoms with Crippen LogP contribution < -0.4 is 0 Å². The van der Waals surface area contributed by atoms with Gasteiger partial charge in [0.15, 0.2) is 5.79 Å². The summed E-state index contributed by atoms with van der Waals surface area (Å²) in [6, 6.07) is 0. The van der Waals surface area contributed by atoms with Gasteiger partial charge in [-0.3, -0.25) is 4.90 Å². The molecule has 3 nitrogen and oxygen atoms in total. The molecule has 4 unspecified atom stereocenters. The minimum Gasteiger partial charge on any atom is -0.347 e. The van der Waals surface area contributed by atoms with Gasteiger partial charge < -0.3 is 9.47 Å². The van der Waals surface area contributed by atoms with Crippen molar-refractivity contribution in [3.63, 3.8) is 0 Å². The van der Waals surface area contributed by atoms with Crippen LogP contribution in [0, 0.1) is 17.3 Å². The van der Waals surface area contributed by atoms with E-state index in [9.17, 15) is 0 Å². The summed E-state index contributed by atoms with van der Waals surface area (Å²) in [6.07, 6.45) is 12.1. The first-order chi connectivity index (χ1) is 11.5. The number of nitrogens with zero attached hydrogens (tertiary/aromatic N) is 1. The standard InChI is InChI=1S/C21H37NO2/c1-5-10-20(3,4)18-9-11-21(17(2)14-18)23-16-19(24-21)15-22-12-7-6-8-13-22/h6-7,17-19H,5,8-16H2,1-4H3. The van der Waals surface area contributed by atoms with Crippen LogP contribution in [-0.4, -0.2) is 43.0 Å². The van der Waals surface area contributed by atoms with Gasteiger partial charge >= 0.3 is 0 Å². The van der Waals surface area contributed by atoms with Crippen molar-refractivity contribution in [2.75, 3.05) is 26.2 Å². The molecule has 2 heterocycles. The summed E-state index contributed by atoms with van der Waals surface area (Å²) < 4.78 is 12.8. The van der Waals surface area contributed by atoms with Gasteiger partial charge in [-0.1, -0.05) is 46.3 Å². The fourth-order valence-electron chi connectivity index (χ4n) is 5.11. The van der Waals surface area contributed by atoms with E-state index in [-0.39, 0.29) is 11.9 Å². The summed E-state index contributed by atoms with van der Waals surface area (Å²) in [6.45, 7) is 13.6. The molecule has 4 atom stereocenters. The first kappa shape index (κ1) is 18.4. The van der Waals surface area contributed by atoms with Crippen LogP contribution in [0.2, 0.25) is 0 Å². The zero-order valence-electron chi connectivity index (χ0n) is 16.2. The van der Waals surface area contributed by atoms with E-state index in [1.165, 1.54) is 32.1 Å². The van der Waals surface area contributed by atoms with Gasteiger partial charge in [0.2, 0.25) is 0 Å². The van der Waals surface area contributed by atoms with Gasteiger partial charge in [0.05, 0.1) is 12.7 Å². The Bertz CT molecular complexity index is 447. The average Bonchev–Trinajstić information content (AvgIpc) is 2.95. The smallest absolute Gasteiger partial charge is 0.171 e. The maximum Gasteiger partial charge on any atom is 0.171 e. The van der Waals surface area contributed by atoms with E-state index in [0.29, 0.717) is 11.3 Å². The molecule has 3 heteroatoms. The lowest BCUT2D eigenvalue weighted by atomic mass is 9.65. The van der Waals surface area contributed by atoms with Gasteiger partial charge in [-0.2, -0.15) is 0 Å². The van der Waals surface area contributed by atoms with Crippen LogP contribution in [0.25, 0.3) is 0 Å². The van der Waals surface area contributed by atoms with Crippen LogP contribution in [0.15, 0.2) is 12.2 Å². The van der Waals surface area contributed by atoms with E-state index in [4.69, 9.17) is 9.47 Å². The summed E-state index contributed by atoms with van der Waals surface area (Å²) >= 11 is 0. The molecular formula is C21H37NO2. The Balaban J connectivity index is 1.55. The monoisotopic (exact) mass is 335 g/mol. The minimum absolute atomic E-state index is 0.249. The Labute approximate surface area is 148 Å². The second kappa shape index (κ2) is 7.47. The highest BCUT2D eigenvalue weighted by Gasteiger charge is 2.50. The Morgan fingerprint density at radius 2 is 2.12 bits per heavy atom. The Kier molecular flexibility index (Phi) is 5.73. The fourth-order valence-corrected chi connectivity index (χ4v) is 5.11. The van der Waals surface area contributed by atoms with E-state index >= 15 is 0 Å². The average molecular weight is 336 g/mol. The van der Waals surface area contributed by atoms with Crippen LogP contribution in [0.3, 0.4) is 0 Å². The van der Waals surface area contributed by atoms with E-state index in [1.807, 2.05) is 0 Å². The lowest BCUT2D eigenvalue weighted by Gasteiger charge is -2.46. The minimum atomic E-state index is -0.297. The first-order valence-corrected chi connectivity index (χ1v) is 10.1. The van der Waals surface area contributed by atoms with E-state index in [0.717, 1.165) is 38.6 Å². The third kappa shape index (κ3) is 3.89. The van der Waals surface area contributed by atoms with Crippen molar-refractivity contribution in [3.05, 3.63) is 12.2 Å². The van der Waals surface area contributed by atoms with Crippen molar-refractivity contribution in [1.82, 2.24) is 4.90 Å². The van der Waals surface area contributed by atoms with Gasteiger partial charge in [-0.25, -0.2) is 0 Å². The van der Waals surface area contributed by atoms with E-state index in [1.54, 1.807) is 0 Å². The molecule has 138 valence electrons. The summed E-state index contributed by atoms with van der Waals surface area (Å²) in [7, 11) is 0.